The third-order valence-electron chi connectivity index (χ3n) is 6.18. The first-order chi connectivity index (χ1) is 14.1. The Morgan fingerprint density at radius 2 is 2.00 bits per heavy atom. The maximum atomic E-state index is 13.5. The van der Waals surface area contributed by atoms with Gasteiger partial charge in [0.1, 0.15) is 17.4 Å². The molecule has 1 aliphatic carbocycles. The SMILES string of the molecule is Cc1cc(NC(=O)[C@@H]2[C@H]3C=C[C@]4(O3)[C@H](C(=O)NC(C)(C)C)N(C3CC3)C(=O)[C@@H]24)no1. The lowest BCUT2D eigenvalue weighted by atomic mass is 9.74. The number of nitrogens with one attached hydrogen (secondary N) is 2. The van der Waals surface area contributed by atoms with Crippen LogP contribution in [0.4, 0.5) is 5.82 Å². The van der Waals surface area contributed by atoms with Gasteiger partial charge in [-0.15, -0.1) is 0 Å². The average Bonchev–Trinajstić information content (AvgIpc) is 3.01. The van der Waals surface area contributed by atoms with Crippen LogP contribution >= 0.6 is 0 Å². The molecule has 2 bridgehead atoms. The van der Waals surface area contributed by atoms with Crippen LogP contribution in [0.2, 0.25) is 0 Å². The number of amides is 3. The van der Waals surface area contributed by atoms with Gasteiger partial charge in [0.2, 0.25) is 17.7 Å². The van der Waals surface area contributed by atoms with Gasteiger partial charge in [-0.3, -0.25) is 14.4 Å². The van der Waals surface area contributed by atoms with Crippen LogP contribution < -0.4 is 10.6 Å². The van der Waals surface area contributed by atoms with E-state index in [1.54, 1.807) is 24.0 Å². The molecule has 0 aromatic carbocycles. The summed E-state index contributed by atoms with van der Waals surface area (Å²) in [6.45, 7) is 7.43. The number of likely N-dealkylation sites (tertiary alicyclic amines) is 1. The largest absolute Gasteiger partial charge is 0.360 e. The summed E-state index contributed by atoms with van der Waals surface area (Å²) in [4.78, 5) is 41.6. The predicted molar refractivity (Wildman–Crippen MR) is 105 cm³/mol. The van der Waals surface area contributed by atoms with Crippen molar-refractivity contribution in [1.82, 2.24) is 15.4 Å². The van der Waals surface area contributed by atoms with E-state index in [2.05, 4.69) is 15.8 Å². The van der Waals surface area contributed by atoms with E-state index in [0.29, 0.717) is 11.6 Å². The van der Waals surface area contributed by atoms with Crippen molar-refractivity contribution < 1.29 is 23.6 Å². The number of hydrogen-bond acceptors (Lipinski definition) is 6. The number of rotatable bonds is 4. The molecule has 1 aromatic rings. The lowest BCUT2D eigenvalue weighted by Gasteiger charge is -2.34. The van der Waals surface area contributed by atoms with E-state index < -0.39 is 35.1 Å². The molecule has 2 N–H and O–H groups in total. The van der Waals surface area contributed by atoms with Crippen LogP contribution in [0.3, 0.4) is 0 Å². The number of aromatic nitrogens is 1. The lowest BCUT2D eigenvalue weighted by Crippen LogP contribution is -2.58. The first-order valence-electron chi connectivity index (χ1n) is 10.4. The number of carbonyl (C=O) groups is 3. The third-order valence-corrected chi connectivity index (χ3v) is 6.18. The van der Waals surface area contributed by atoms with Gasteiger partial charge < -0.3 is 24.8 Å². The minimum atomic E-state index is -1.12. The van der Waals surface area contributed by atoms with Crippen LogP contribution in [0.5, 0.6) is 0 Å². The Bertz CT molecular complexity index is 959. The topological polar surface area (TPSA) is 114 Å². The molecular formula is C21H26N4O5. The van der Waals surface area contributed by atoms with Gasteiger partial charge in [0, 0.05) is 17.6 Å². The molecule has 9 heteroatoms. The van der Waals surface area contributed by atoms with Crippen molar-refractivity contribution in [3.63, 3.8) is 0 Å². The van der Waals surface area contributed by atoms with Gasteiger partial charge >= 0.3 is 0 Å². The molecule has 4 aliphatic rings. The highest BCUT2D eigenvalue weighted by Gasteiger charge is 2.74. The molecule has 0 radical (unpaired) electrons. The van der Waals surface area contributed by atoms with Crippen LogP contribution in [-0.2, 0) is 19.1 Å². The molecule has 30 heavy (non-hydrogen) atoms. The normalized spacial score (nSPS) is 34.4. The molecule has 1 spiro atoms. The minimum Gasteiger partial charge on any atom is -0.360 e. The number of hydrogen-bond donors (Lipinski definition) is 2. The summed E-state index contributed by atoms with van der Waals surface area (Å²) in [5.74, 6) is -1.39. The van der Waals surface area contributed by atoms with E-state index in [4.69, 9.17) is 9.26 Å². The first-order valence-corrected chi connectivity index (χ1v) is 10.4. The van der Waals surface area contributed by atoms with Crippen molar-refractivity contribution in [3.05, 3.63) is 24.0 Å². The number of carbonyl (C=O) groups excluding carboxylic acids is 3. The Balaban J connectivity index is 1.48. The first kappa shape index (κ1) is 19.3. The van der Waals surface area contributed by atoms with Crippen LogP contribution in [-0.4, -0.2) is 57.1 Å². The van der Waals surface area contributed by atoms with Gasteiger partial charge in [-0.05, 0) is 40.5 Å². The fourth-order valence-electron chi connectivity index (χ4n) is 5.03. The summed E-state index contributed by atoms with van der Waals surface area (Å²) in [7, 11) is 0. The molecule has 3 fully saturated rings. The Hall–Kier alpha value is -2.68. The van der Waals surface area contributed by atoms with Crippen molar-refractivity contribution in [1.29, 1.82) is 0 Å². The summed E-state index contributed by atoms with van der Waals surface area (Å²) in [6, 6.07) is 0.852. The van der Waals surface area contributed by atoms with Gasteiger partial charge in [0.15, 0.2) is 5.82 Å². The lowest BCUT2D eigenvalue weighted by molar-refractivity contribution is -0.142. The Morgan fingerprint density at radius 3 is 2.60 bits per heavy atom. The van der Waals surface area contributed by atoms with Crippen molar-refractivity contribution >= 4 is 23.5 Å². The van der Waals surface area contributed by atoms with Gasteiger partial charge in [-0.2, -0.15) is 0 Å². The maximum absolute atomic E-state index is 13.5. The molecule has 5 rings (SSSR count). The van der Waals surface area contributed by atoms with E-state index in [1.807, 2.05) is 26.8 Å². The minimum absolute atomic E-state index is 0.0196. The van der Waals surface area contributed by atoms with Crippen LogP contribution in [0, 0.1) is 18.8 Å². The molecule has 3 amide bonds. The smallest absolute Gasteiger partial charge is 0.246 e. The van der Waals surface area contributed by atoms with Gasteiger partial charge in [0.05, 0.1) is 17.9 Å². The quantitative estimate of drug-likeness (QED) is 0.715. The van der Waals surface area contributed by atoms with E-state index >= 15 is 0 Å². The number of fused-ring (bicyclic) bond motifs is 1. The Labute approximate surface area is 174 Å². The standard InChI is InChI=1S/C21H26N4O5/c1-10-9-13(24-30-10)22-17(26)14-12-7-8-21(29-12)15(14)19(28)25(11-5-6-11)16(21)18(27)23-20(2,3)4/h7-9,11-12,14-16H,5-6H2,1-4H3,(H,23,27)(H,22,24,26)/t12-,14-,15-,16+,21-/m1/s1. The average molecular weight is 414 g/mol. The summed E-state index contributed by atoms with van der Waals surface area (Å²) < 4.78 is 11.3. The summed E-state index contributed by atoms with van der Waals surface area (Å²) in [5, 5.41) is 9.54. The van der Waals surface area contributed by atoms with Crippen molar-refractivity contribution in [2.75, 3.05) is 5.32 Å². The third kappa shape index (κ3) is 2.79. The maximum Gasteiger partial charge on any atom is 0.246 e. The number of nitrogens with zero attached hydrogens (tertiary/aromatic N) is 2. The molecule has 4 heterocycles. The second-order valence-corrected chi connectivity index (χ2v) is 9.73. The highest BCUT2D eigenvalue weighted by atomic mass is 16.5. The zero-order valence-corrected chi connectivity index (χ0v) is 17.5. The van der Waals surface area contributed by atoms with Crippen molar-refractivity contribution in [2.24, 2.45) is 11.8 Å². The van der Waals surface area contributed by atoms with E-state index in [9.17, 15) is 14.4 Å². The molecule has 0 unspecified atom stereocenters. The summed E-state index contributed by atoms with van der Waals surface area (Å²) in [5.41, 5.74) is -1.58. The summed E-state index contributed by atoms with van der Waals surface area (Å²) >= 11 is 0. The molecule has 5 atom stereocenters. The second kappa shape index (κ2) is 6.16. The second-order valence-electron chi connectivity index (χ2n) is 9.73. The van der Waals surface area contributed by atoms with Crippen molar-refractivity contribution in [3.8, 4) is 0 Å². The fraction of sp³-hybridized carbons (Fsp3) is 0.619. The monoisotopic (exact) mass is 414 g/mol. The van der Waals surface area contributed by atoms with E-state index in [1.165, 1.54) is 0 Å². The molecule has 1 saturated carbocycles. The van der Waals surface area contributed by atoms with Crippen LogP contribution in [0.25, 0.3) is 0 Å². The molecule has 160 valence electrons. The highest BCUT2D eigenvalue weighted by molar-refractivity contribution is 6.02. The predicted octanol–water partition coefficient (Wildman–Crippen LogP) is 1.15. The number of aryl methyl sites for hydroxylation is 1. The Morgan fingerprint density at radius 1 is 1.27 bits per heavy atom. The molecule has 2 saturated heterocycles. The van der Waals surface area contributed by atoms with Gasteiger partial charge in [-0.25, -0.2) is 0 Å². The summed E-state index contributed by atoms with van der Waals surface area (Å²) in [6.07, 6.45) is 4.78. The van der Waals surface area contributed by atoms with E-state index in [-0.39, 0.29) is 23.8 Å². The Kier molecular flexibility index (Phi) is 3.96. The molecular weight excluding hydrogens is 388 g/mol. The molecule has 3 aliphatic heterocycles. The molecule has 9 nitrogen and oxygen atoms in total. The molecule has 1 aromatic heterocycles. The van der Waals surface area contributed by atoms with Gasteiger partial charge in [0.25, 0.3) is 0 Å². The zero-order valence-electron chi connectivity index (χ0n) is 17.5. The number of anilines is 1. The fourth-order valence-corrected chi connectivity index (χ4v) is 5.03. The van der Waals surface area contributed by atoms with Gasteiger partial charge in [-0.1, -0.05) is 17.3 Å². The zero-order chi connectivity index (χ0) is 21.4. The van der Waals surface area contributed by atoms with Crippen LogP contribution in [0.15, 0.2) is 22.7 Å². The highest BCUT2D eigenvalue weighted by Crippen LogP contribution is 2.57. The van der Waals surface area contributed by atoms with E-state index in [0.717, 1.165) is 12.8 Å². The van der Waals surface area contributed by atoms with Crippen LogP contribution in [0.1, 0.15) is 39.4 Å². The number of ether oxygens (including phenoxy) is 1. The van der Waals surface area contributed by atoms with Crippen molar-refractivity contribution in [2.45, 2.75) is 69.9 Å².